The molecule has 2 aromatic heterocycles. The summed E-state index contributed by atoms with van der Waals surface area (Å²) >= 11 is 0. The number of aromatic nitrogens is 4. The lowest BCUT2D eigenvalue weighted by molar-refractivity contribution is -0.169. The summed E-state index contributed by atoms with van der Waals surface area (Å²) in [5.41, 5.74) is 7.52. The molecule has 1 unspecified atom stereocenters. The van der Waals surface area contributed by atoms with Gasteiger partial charge in [0, 0.05) is 10.9 Å². The fourth-order valence-electron chi connectivity index (χ4n) is 4.41. The molecule has 43 heavy (non-hydrogen) atoms. The van der Waals surface area contributed by atoms with Crippen LogP contribution < -0.4 is 30.6 Å². The van der Waals surface area contributed by atoms with Crippen molar-refractivity contribution in [1.82, 2.24) is 24.9 Å². The third kappa shape index (κ3) is 7.12. The molecule has 1 aromatic carbocycles. The van der Waals surface area contributed by atoms with Crippen LogP contribution in [0, 0.1) is 0 Å². The normalized spacial score (nSPS) is 24.7. The number of esters is 1. The number of anilines is 2. The lowest BCUT2D eigenvalue weighted by Gasteiger charge is -2.27. The molecule has 6 atom stereocenters. The van der Waals surface area contributed by atoms with Gasteiger partial charge in [0.2, 0.25) is 5.95 Å². The number of aliphatic hydroxyl groups is 2. The Kier molecular flexibility index (Phi) is 8.96. The average Bonchev–Trinajstić information content (AvgIpc) is 3.62. The Balaban J connectivity index is 1.19. The minimum Gasteiger partial charge on any atom is -0.574 e. The van der Waals surface area contributed by atoms with E-state index < -0.39 is 44.2 Å². The lowest BCUT2D eigenvalue weighted by Crippen LogP contribution is -2.44. The van der Waals surface area contributed by atoms with Crippen molar-refractivity contribution >= 4 is 37.1 Å². The SMILES string of the molecule is CC(C)OC(=O)[C@H](C)N/N=[P+](\[O-])Oc1ccc(OC[C@H]2O[C@@H](n3cnc4c(NC5CC5)nc(N)nc43)[C@](C)(O)[C@@H]2O)cc1. The monoisotopic (exact) mass is 618 g/mol. The van der Waals surface area contributed by atoms with Gasteiger partial charge in [-0.3, -0.25) is 13.9 Å². The first-order chi connectivity index (χ1) is 20.4. The number of fused-ring (bicyclic) bond motifs is 1. The molecule has 1 aliphatic heterocycles. The summed E-state index contributed by atoms with van der Waals surface area (Å²) < 4.78 is 23.7. The maximum Gasteiger partial charge on any atom is 0.412 e. The molecule has 17 heteroatoms. The second kappa shape index (κ2) is 12.5. The van der Waals surface area contributed by atoms with Gasteiger partial charge in [0.05, 0.1) is 12.4 Å². The van der Waals surface area contributed by atoms with Crippen LogP contribution in [0.4, 0.5) is 11.8 Å². The van der Waals surface area contributed by atoms with Crippen LogP contribution in [-0.4, -0.2) is 78.3 Å². The van der Waals surface area contributed by atoms with E-state index in [0.29, 0.717) is 28.8 Å². The van der Waals surface area contributed by atoms with Crippen LogP contribution in [0.1, 0.15) is 46.8 Å². The van der Waals surface area contributed by atoms with Gasteiger partial charge in [-0.1, -0.05) is 0 Å². The predicted octanol–water partition coefficient (Wildman–Crippen LogP) is 1.15. The quantitative estimate of drug-likeness (QED) is 0.109. The summed E-state index contributed by atoms with van der Waals surface area (Å²) in [6.07, 6.45) is -0.00474. The molecule has 1 saturated carbocycles. The van der Waals surface area contributed by atoms with Gasteiger partial charge in [-0.05, 0) is 64.8 Å². The molecule has 0 radical (unpaired) electrons. The summed E-state index contributed by atoms with van der Waals surface area (Å²) in [7, 11) is -2.51. The van der Waals surface area contributed by atoms with Gasteiger partial charge in [0.25, 0.3) is 0 Å². The number of nitrogens with one attached hydrogen (secondary N) is 2. The van der Waals surface area contributed by atoms with E-state index in [-0.39, 0.29) is 24.4 Å². The van der Waals surface area contributed by atoms with Gasteiger partial charge in [0.1, 0.15) is 36.2 Å². The molecule has 3 aromatic rings. The van der Waals surface area contributed by atoms with Crippen LogP contribution in [-0.2, 0) is 14.3 Å². The second-order valence-corrected chi connectivity index (χ2v) is 11.8. The van der Waals surface area contributed by atoms with Crippen molar-refractivity contribution in [2.75, 3.05) is 17.7 Å². The van der Waals surface area contributed by atoms with Crippen molar-refractivity contribution in [3.05, 3.63) is 30.6 Å². The first kappa shape index (κ1) is 30.8. The zero-order chi connectivity index (χ0) is 30.9. The van der Waals surface area contributed by atoms with Crippen molar-refractivity contribution in [2.24, 2.45) is 4.85 Å². The van der Waals surface area contributed by atoms with E-state index in [2.05, 4.69) is 30.5 Å². The van der Waals surface area contributed by atoms with Gasteiger partial charge in [-0.15, -0.1) is 0 Å². The molecule has 2 fully saturated rings. The van der Waals surface area contributed by atoms with Crippen LogP contribution in [0.15, 0.2) is 35.4 Å². The molecule has 1 aliphatic carbocycles. The van der Waals surface area contributed by atoms with E-state index >= 15 is 0 Å². The Morgan fingerprint density at radius 2 is 1.98 bits per heavy atom. The maximum atomic E-state index is 12.2. The molecule has 3 heterocycles. The fraction of sp³-hybridized carbons (Fsp3) is 0.538. The number of nitrogens with two attached hydrogens (primary N) is 1. The number of hydrogen-bond acceptors (Lipinski definition) is 14. The summed E-state index contributed by atoms with van der Waals surface area (Å²) in [5.74, 6) is 0.675. The average molecular weight is 619 g/mol. The van der Waals surface area contributed by atoms with Crippen LogP contribution in [0.3, 0.4) is 0 Å². The summed E-state index contributed by atoms with van der Waals surface area (Å²) in [6, 6.07) is 5.70. The van der Waals surface area contributed by atoms with Gasteiger partial charge < -0.3 is 40.4 Å². The fourth-order valence-corrected chi connectivity index (χ4v) is 5.02. The lowest BCUT2D eigenvalue weighted by atomic mass is 9.96. The molecule has 6 N–H and O–H groups in total. The van der Waals surface area contributed by atoms with E-state index in [1.807, 2.05) is 0 Å². The van der Waals surface area contributed by atoms with Gasteiger partial charge in [-0.2, -0.15) is 15.4 Å². The molecule has 5 rings (SSSR count). The Labute approximate surface area is 248 Å². The molecule has 0 spiro atoms. The van der Waals surface area contributed by atoms with E-state index in [9.17, 15) is 19.9 Å². The smallest absolute Gasteiger partial charge is 0.412 e. The van der Waals surface area contributed by atoms with Crippen molar-refractivity contribution in [3.63, 3.8) is 0 Å². The van der Waals surface area contributed by atoms with Crippen LogP contribution in [0.2, 0.25) is 0 Å². The van der Waals surface area contributed by atoms with Crippen molar-refractivity contribution in [2.45, 2.75) is 82.8 Å². The summed E-state index contributed by atoms with van der Waals surface area (Å²) in [6.45, 7) is 6.34. The molecule has 0 bridgehead atoms. The highest BCUT2D eigenvalue weighted by atomic mass is 31.1. The Hall–Kier alpha value is -3.66. The first-order valence-electron chi connectivity index (χ1n) is 13.8. The summed E-state index contributed by atoms with van der Waals surface area (Å²) in [5, 5.41) is 25.4. The number of benzene rings is 1. The van der Waals surface area contributed by atoms with Crippen molar-refractivity contribution in [1.29, 1.82) is 0 Å². The van der Waals surface area contributed by atoms with Crippen LogP contribution in [0.25, 0.3) is 11.2 Å². The third-order valence-corrected chi connectivity index (χ3v) is 7.47. The highest BCUT2D eigenvalue weighted by Crippen LogP contribution is 2.40. The third-order valence-electron chi connectivity index (χ3n) is 6.82. The number of carbonyl (C=O) groups is 1. The predicted molar refractivity (Wildman–Crippen MR) is 153 cm³/mol. The number of aliphatic hydroxyl groups excluding tert-OH is 1. The zero-order valence-corrected chi connectivity index (χ0v) is 25.0. The number of imidazole rings is 1. The minimum absolute atomic E-state index is 0.0401. The van der Waals surface area contributed by atoms with E-state index in [4.69, 9.17) is 24.5 Å². The topological polar surface area (TPSA) is 224 Å². The van der Waals surface area contributed by atoms with E-state index in [0.717, 1.165) is 12.8 Å². The number of hydrogen-bond donors (Lipinski definition) is 5. The number of nitrogen functional groups attached to an aromatic ring is 1. The van der Waals surface area contributed by atoms with Gasteiger partial charge in [-0.25, -0.2) is 4.98 Å². The van der Waals surface area contributed by atoms with Gasteiger partial charge >= 0.3 is 14.1 Å². The van der Waals surface area contributed by atoms with Crippen LogP contribution in [0.5, 0.6) is 11.5 Å². The van der Waals surface area contributed by atoms with Gasteiger partial charge in [0.15, 0.2) is 29.0 Å². The van der Waals surface area contributed by atoms with Crippen LogP contribution >= 0.6 is 8.17 Å². The summed E-state index contributed by atoms with van der Waals surface area (Å²) in [4.78, 5) is 40.6. The molecule has 16 nitrogen and oxygen atoms in total. The molecule has 0 amide bonds. The highest BCUT2D eigenvalue weighted by Gasteiger charge is 2.53. The molecule has 2 aliphatic rings. The van der Waals surface area contributed by atoms with Crippen molar-refractivity contribution in [3.8, 4) is 11.5 Å². The number of nitrogens with zero attached hydrogens (tertiary/aromatic N) is 5. The largest absolute Gasteiger partial charge is 0.574 e. The Bertz CT molecular complexity index is 1480. The second-order valence-electron chi connectivity index (χ2n) is 10.9. The van der Waals surface area contributed by atoms with Crippen molar-refractivity contribution < 1.29 is 38.6 Å². The zero-order valence-electron chi connectivity index (χ0n) is 24.1. The standard InChI is InChI=1S/C26H35N8O8P/c1-13(2)40-23(36)14(3)32-33-43(38)42-17-9-7-16(8-10-17)39-11-18-20(35)26(4,37)24(41-18)34-12-28-19-21(29-15-5-6-15)30-25(27)31-22(19)34/h7-10,12-15,18,20,24,32,35,37H,5-6,11H2,1-4H3,(H3,27,29,30,31)/t14-,18+,20+,24+,26+/m0/s1. The first-order valence-corrected chi connectivity index (χ1v) is 14.9. The Morgan fingerprint density at radius 3 is 2.65 bits per heavy atom. The molecule has 232 valence electrons. The molecular weight excluding hydrogens is 583 g/mol. The molecular formula is C26H35N8O8P. The Morgan fingerprint density at radius 1 is 1.28 bits per heavy atom. The minimum atomic E-state index is -2.51. The highest BCUT2D eigenvalue weighted by molar-refractivity contribution is 7.33. The van der Waals surface area contributed by atoms with E-state index in [1.54, 1.807) is 26.0 Å². The maximum absolute atomic E-state index is 12.2. The number of rotatable bonds is 12. The van der Waals surface area contributed by atoms with E-state index in [1.165, 1.54) is 36.9 Å². The molecule has 1 saturated heterocycles. The number of carbonyl (C=O) groups excluding carboxylic acids is 1. The number of ether oxygens (including phenoxy) is 3.